The summed E-state index contributed by atoms with van der Waals surface area (Å²) in [5.41, 5.74) is 2.85. The first-order chi connectivity index (χ1) is 15.9. The third kappa shape index (κ3) is 5.15. The number of anilines is 2. The molecule has 0 saturated heterocycles. The molecule has 1 aliphatic heterocycles. The summed E-state index contributed by atoms with van der Waals surface area (Å²) in [5.74, 6) is -1.83. The normalized spacial score (nSPS) is 17.6. The zero-order chi connectivity index (χ0) is 23.4. The summed E-state index contributed by atoms with van der Waals surface area (Å²) in [6.45, 7) is -0.506. The van der Waals surface area contributed by atoms with Gasteiger partial charge in [-0.3, -0.25) is 14.5 Å². The van der Waals surface area contributed by atoms with Crippen LogP contribution in [0.15, 0.2) is 78.9 Å². The van der Waals surface area contributed by atoms with E-state index in [1.165, 1.54) is 4.90 Å². The van der Waals surface area contributed by atoms with Crippen LogP contribution in [0.25, 0.3) is 0 Å². The number of fused-ring (bicyclic) bond motifs is 1. The summed E-state index contributed by atoms with van der Waals surface area (Å²) in [4.78, 5) is 39.0. The van der Waals surface area contributed by atoms with Gasteiger partial charge in [0.15, 0.2) is 0 Å². The number of carbonyl (C=O) groups excluding carboxylic acids is 2. The number of para-hydroxylation sites is 1. The smallest absolute Gasteiger partial charge is 0.323 e. The number of carboxylic acid groups (broad SMARTS) is 1. The molecule has 0 fully saturated rings. The van der Waals surface area contributed by atoms with E-state index in [2.05, 4.69) is 10.6 Å². The molecule has 4 rings (SSSR count). The minimum absolute atomic E-state index is 0.217. The van der Waals surface area contributed by atoms with Crippen LogP contribution in [0, 0.1) is 0 Å². The molecule has 0 aliphatic carbocycles. The number of amides is 3. The molecule has 3 amide bonds. The first-order valence-electron chi connectivity index (χ1n) is 10.4. The lowest BCUT2D eigenvalue weighted by molar-refractivity contribution is -0.136. The van der Waals surface area contributed by atoms with E-state index in [0.717, 1.165) is 11.1 Å². The number of hydrogen-bond acceptors (Lipinski definition) is 3. The Kier molecular flexibility index (Phi) is 6.60. The Morgan fingerprint density at radius 3 is 2.33 bits per heavy atom. The van der Waals surface area contributed by atoms with Gasteiger partial charge in [0.25, 0.3) is 0 Å². The van der Waals surface area contributed by atoms with Crippen LogP contribution in [0.3, 0.4) is 0 Å². The minimum Gasteiger partial charge on any atom is -0.480 e. The zero-order valence-corrected chi connectivity index (χ0v) is 18.3. The third-order valence-electron chi connectivity index (χ3n) is 5.54. The van der Waals surface area contributed by atoms with Crippen LogP contribution in [0.5, 0.6) is 0 Å². The highest BCUT2D eigenvalue weighted by Crippen LogP contribution is 2.39. The summed E-state index contributed by atoms with van der Waals surface area (Å²) in [5, 5.41) is 15.4. The quantitative estimate of drug-likeness (QED) is 0.519. The number of nitrogens with one attached hydrogen (secondary N) is 2. The van der Waals surface area contributed by atoms with Gasteiger partial charge in [0.1, 0.15) is 12.6 Å². The van der Waals surface area contributed by atoms with E-state index in [4.69, 9.17) is 11.6 Å². The number of benzene rings is 3. The first-order valence-corrected chi connectivity index (χ1v) is 10.8. The van der Waals surface area contributed by atoms with E-state index in [1.54, 1.807) is 36.4 Å². The monoisotopic (exact) mass is 463 g/mol. The Bertz CT molecular complexity index is 1170. The molecule has 33 heavy (non-hydrogen) atoms. The van der Waals surface area contributed by atoms with Crippen LogP contribution < -0.4 is 15.5 Å². The number of urea groups is 1. The van der Waals surface area contributed by atoms with Crippen LogP contribution in [0.4, 0.5) is 16.2 Å². The van der Waals surface area contributed by atoms with Gasteiger partial charge < -0.3 is 15.7 Å². The van der Waals surface area contributed by atoms with Crippen molar-refractivity contribution in [3.63, 3.8) is 0 Å². The number of carboxylic acids is 1. The Hall–Kier alpha value is -3.84. The molecule has 0 aromatic heterocycles. The number of rotatable bonds is 5. The number of nitrogens with zero attached hydrogens (tertiary/aromatic N) is 1. The van der Waals surface area contributed by atoms with E-state index in [9.17, 15) is 19.5 Å². The van der Waals surface area contributed by atoms with Gasteiger partial charge in [0.2, 0.25) is 5.91 Å². The molecule has 8 heteroatoms. The maximum Gasteiger partial charge on any atom is 0.323 e. The standard InChI is InChI=1S/C25H22ClN3O4/c26-17-10-12-18(13-11-17)27-25(33)28-21-14-20(16-6-2-1-3-7-16)19-8-4-5-9-22(19)29(24(21)32)15-23(30)31/h1-13,20-21H,14-15H2,(H,30,31)(H2,27,28,33). The summed E-state index contributed by atoms with van der Waals surface area (Å²) in [6, 6.07) is 22.0. The summed E-state index contributed by atoms with van der Waals surface area (Å²) in [7, 11) is 0. The molecule has 3 aromatic rings. The van der Waals surface area contributed by atoms with E-state index in [-0.39, 0.29) is 12.3 Å². The van der Waals surface area contributed by atoms with Crippen molar-refractivity contribution in [2.75, 3.05) is 16.8 Å². The van der Waals surface area contributed by atoms with Crippen molar-refractivity contribution in [1.29, 1.82) is 0 Å². The number of carbonyl (C=O) groups is 3. The molecule has 1 heterocycles. The summed E-state index contributed by atoms with van der Waals surface area (Å²) in [6.07, 6.45) is 0.282. The minimum atomic E-state index is -1.14. The molecule has 3 aromatic carbocycles. The second-order valence-electron chi connectivity index (χ2n) is 7.73. The topological polar surface area (TPSA) is 98.7 Å². The fourth-order valence-corrected chi connectivity index (χ4v) is 4.20. The predicted molar refractivity (Wildman–Crippen MR) is 127 cm³/mol. The number of aliphatic carboxylic acids is 1. The molecule has 2 unspecified atom stereocenters. The van der Waals surface area contributed by atoms with Gasteiger partial charge in [0.05, 0.1) is 0 Å². The summed E-state index contributed by atoms with van der Waals surface area (Å²) >= 11 is 5.89. The Labute approximate surface area is 196 Å². The van der Waals surface area contributed by atoms with Crippen molar-refractivity contribution in [3.05, 3.63) is 95.0 Å². The van der Waals surface area contributed by atoms with Crippen molar-refractivity contribution in [3.8, 4) is 0 Å². The summed E-state index contributed by atoms with van der Waals surface area (Å²) < 4.78 is 0. The van der Waals surface area contributed by atoms with Crippen LogP contribution in [-0.4, -0.2) is 35.6 Å². The molecular weight excluding hydrogens is 442 g/mol. The van der Waals surface area contributed by atoms with Gasteiger partial charge in [-0.1, -0.05) is 60.1 Å². The van der Waals surface area contributed by atoms with Gasteiger partial charge in [-0.05, 0) is 47.9 Å². The van der Waals surface area contributed by atoms with Crippen molar-refractivity contribution >= 4 is 40.9 Å². The molecular formula is C25H22ClN3O4. The van der Waals surface area contributed by atoms with E-state index >= 15 is 0 Å². The first kappa shape index (κ1) is 22.4. The van der Waals surface area contributed by atoms with Crippen LogP contribution in [0.2, 0.25) is 5.02 Å². The second kappa shape index (κ2) is 9.75. The van der Waals surface area contributed by atoms with Crippen LogP contribution >= 0.6 is 11.6 Å². The third-order valence-corrected chi connectivity index (χ3v) is 5.79. The SMILES string of the molecule is O=C(O)CN1C(=O)C(NC(=O)Nc2ccc(Cl)cc2)CC(c2ccccc2)c2ccccc21. The molecule has 0 saturated carbocycles. The van der Waals surface area contributed by atoms with Crippen molar-refractivity contribution < 1.29 is 19.5 Å². The van der Waals surface area contributed by atoms with E-state index in [0.29, 0.717) is 16.4 Å². The number of hydrogen-bond donors (Lipinski definition) is 3. The molecule has 168 valence electrons. The van der Waals surface area contributed by atoms with Crippen molar-refractivity contribution in [1.82, 2.24) is 5.32 Å². The molecule has 0 spiro atoms. The second-order valence-corrected chi connectivity index (χ2v) is 8.17. The highest BCUT2D eigenvalue weighted by atomic mass is 35.5. The highest BCUT2D eigenvalue weighted by Gasteiger charge is 2.37. The highest BCUT2D eigenvalue weighted by molar-refractivity contribution is 6.30. The average molecular weight is 464 g/mol. The Morgan fingerprint density at radius 2 is 1.64 bits per heavy atom. The lowest BCUT2D eigenvalue weighted by Gasteiger charge is -2.24. The fourth-order valence-electron chi connectivity index (χ4n) is 4.08. The maximum absolute atomic E-state index is 13.5. The number of halogens is 1. The van der Waals surface area contributed by atoms with Crippen LogP contribution in [0.1, 0.15) is 23.5 Å². The Morgan fingerprint density at radius 1 is 0.970 bits per heavy atom. The van der Waals surface area contributed by atoms with Gasteiger partial charge in [-0.2, -0.15) is 0 Å². The van der Waals surface area contributed by atoms with Gasteiger partial charge >= 0.3 is 12.0 Å². The lowest BCUT2D eigenvalue weighted by Crippen LogP contribution is -2.50. The molecule has 2 atom stereocenters. The predicted octanol–water partition coefficient (Wildman–Crippen LogP) is 4.48. The molecule has 1 aliphatic rings. The molecule has 0 radical (unpaired) electrons. The van der Waals surface area contributed by atoms with Gasteiger partial charge in [-0.15, -0.1) is 0 Å². The van der Waals surface area contributed by atoms with Crippen LogP contribution in [-0.2, 0) is 9.59 Å². The van der Waals surface area contributed by atoms with E-state index in [1.807, 2.05) is 42.5 Å². The maximum atomic E-state index is 13.5. The van der Waals surface area contributed by atoms with Gasteiger partial charge in [-0.25, -0.2) is 4.79 Å². The van der Waals surface area contributed by atoms with Gasteiger partial charge in [0, 0.05) is 22.3 Å². The largest absolute Gasteiger partial charge is 0.480 e. The van der Waals surface area contributed by atoms with Crippen molar-refractivity contribution in [2.24, 2.45) is 0 Å². The molecule has 0 bridgehead atoms. The van der Waals surface area contributed by atoms with E-state index < -0.39 is 30.5 Å². The fraction of sp³-hybridized carbons (Fsp3) is 0.160. The van der Waals surface area contributed by atoms with Crippen molar-refractivity contribution in [2.45, 2.75) is 18.4 Å². The zero-order valence-electron chi connectivity index (χ0n) is 17.6. The average Bonchev–Trinajstić information content (AvgIpc) is 2.92. The Balaban J connectivity index is 1.68. The molecule has 7 nitrogen and oxygen atoms in total. The lowest BCUT2D eigenvalue weighted by atomic mass is 9.86. The molecule has 3 N–H and O–H groups in total.